The number of aliphatic hydroxyl groups is 1. The second-order valence-corrected chi connectivity index (χ2v) is 3.07. The highest BCUT2D eigenvalue weighted by molar-refractivity contribution is 5.78. The van der Waals surface area contributed by atoms with Crippen molar-refractivity contribution in [3.8, 4) is 0 Å². The number of piperidine rings is 1. The molecule has 1 fully saturated rings. The third-order valence-corrected chi connectivity index (χ3v) is 2.04. The molecule has 4 nitrogen and oxygen atoms in total. The molecule has 0 saturated carbocycles. The minimum absolute atomic E-state index is 0.232. The van der Waals surface area contributed by atoms with Gasteiger partial charge in [-0.3, -0.25) is 4.99 Å². The van der Waals surface area contributed by atoms with Gasteiger partial charge in [0.25, 0.3) is 0 Å². The van der Waals surface area contributed by atoms with Crippen molar-refractivity contribution < 1.29 is 5.11 Å². The van der Waals surface area contributed by atoms with E-state index in [0.717, 1.165) is 19.4 Å². The lowest BCUT2D eigenvalue weighted by molar-refractivity contribution is 0.102. The number of β-amino-alcohol motifs (C(OH)–C–C–N with tert-alkyl or cyclic N) is 1. The van der Waals surface area contributed by atoms with E-state index in [9.17, 15) is 5.11 Å². The van der Waals surface area contributed by atoms with Crippen LogP contribution < -0.4 is 5.73 Å². The molecule has 70 valence electrons. The van der Waals surface area contributed by atoms with Crippen LogP contribution in [-0.4, -0.2) is 41.7 Å². The number of guanidine groups is 1. The number of hydrogen-bond acceptors (Lipinski definition) is 2. The van der Waals surface area contributed by atoms with E-state index in [0.29, 0.717) is 19.0 Å². The van der Waals surface area contributed by atoms with Crippen LogP contribution in [0.2, 0.25) is 0 Å². The summed E-state index contributed by atoms with van der Waals surface area (Å²) in [6, 6.07) is 0. The van der Waals surface area contributed by atoms with Crippen LogP contribution in [0.25, 0.3) is 0 Å². The molecule has 1 rings (SSSR count). The molecule has 12 heavy (non-hydrogen) atoms. The smallest absolute Gasteiger partial charge is 0.191 e. The number of rotatable bonds is 1. The second kappa shape index (κ2) is 4.30. The molecule has 1 atom stereocenters. The van der Waals surface area contributed by atoms with Gasteiger partial charge in [0.1, 0.15) is 0 Å². The molecule has 0 aromatic rings. The van der Waals surface area contributed by atoms with Gasteiger partial charge in [-0.2, -0.15) is 0 Å². The Bertz CT molecular complexity index is 170. The van der Waals surface area contributed by atoms with Gasteiger partial charge in [0, 0.05) is 19.6 Å². The van der Waals surface area contributed by atoms with Crippen LogP contribution >= 0.6 is 0 Å². The van der Waals surface area contributed by atoms with E-state index in [2.05, 4.69) is 4.99 Å². The molecule has 4 heteroatoms. The SMILES string of the molecule is CCN=C(N)N1CCCC(O)C1. The van der Waals surface area contributed by atoms with E-state index in [1.165, 1.54) is 0 Å². The maximum atomic E-state index is 9.34. The summed E-state index contributed by atoms with van der Waals surface area (Å²) in [5, 5.41) is 9.34. The van der Waals surface area contributed by atoms with Crippen molar-refractivity contribution in [3.63, 3.8) is 0 Å². The van der Waals surface area contributed by atoms with Crippen LogP contribution in [0.1, 0.15) is 19.8 Å². The molecule has 0 amide bonds. The highest BCUT2D eigenvalue weighted by Crippen LogP contribution is 2.08. The first-order valence-corrected chi connectivity index (χ1v) is 4.47. The molecule has 0 aromatic heterocycles. The van der Waals surface area contributed by atoms with Crippen LogP contribution in [-0.2, 0) is 0 Å². The Hall–Kier alpha value is -0.770. The zero-order chi connectivity index (χ0) is 8.97. The molecule has 1 saturated heterocycles. The molecule has 3 N–H and O–H groups in total. The number of likely N-dealkylation sites (tertiary alicyclic amines) is 1. The van der Waals surface area contributed by atoms with Crippen LogP contribution in [0.4, 0.5) is 0 Å². The maximum Gasteiger partial charge on any atom is 0.191 e. The quantitative estimate of drug-likeness (QED) is 0.423. The van der Waals surface area contributed by atoms with Crippen molar-refractivity contribution in [3.05, 3.63) is 0 Å². The molecular weight excluding hydrogens is 154 g/mol. The van der Waals surface area contributed by atoms with E-state index in [-0.39, 0.29) is 6.10 Å². The van der Waals surface area contributed by atoms with Crippen LogP contribution in [0.15, 0.2) is 4.99 Å². The fourth-order valence-corrected chi connectivity index (χ4v) is 1.42. The normalized spacial score (nSPS) is 26.0. The summed E-state index contributed by atoms with van der Waals surface area (Å²) in [6.07, 6.45) is 1.65. The lowest BCUT2D eigenvalue weighted by Gasteiger charge is -2.30. The number of hydrogen-bond donors (Lipinski definition) is 2. The molecule has 0 bridgehead atoms. The maximum absolute atomic E-state index is 9.34. The summed E-state index contributed by atoms with van der Waals surface area (Å²) < 4.78 is 0. The van der Waals surface area contributed by atoms with Gasteiger partial charge < -0.3 is 15.7 Å². The van der Waals surface area contributed by atoms with Crippen molar-refractivity contribution in [2.75, 3.05) is 19.6 Å². The first kappa shape index (κ1) is 9.32. The summed E-state index contributed by atoms with van der Waals surface area (Å²) in [7, 11) is 0. The number of aliphatic imine (C=N–C) groups is 1. The van der Waals surface area contributed by atoms with Gasteiger partial charge in [-0.25, -0.2) is 0 Å². The Morgan fingerprint density at radius 3 is 3.08 bits per heavy atom. The van der Waals surface area contributed by atoms with Gasteiger partial charge in [-0.15, -0.1) is 0 Å². The van der Waals surface area contributed by atoms with Gasteiger partial charge in [0.2, 0.25) is 0 Å². The first-order chi connectivity index (χ1) is 5.74. The Labute approximate surface area is 73.1 Å². The molecule has 0 radical (unpaired) electrons. The number of aliphatic hydroxyl groups excluding tert-OH is 1. The Kier molecular flexibility index (Phi) is 3.34. The third-order valence-electron chi connectivity index (χ3n) is 2.04. The summed E-state index contributed by atoms with van der Waals surface area (Å²) in [5.41, 5.74) is 5.69. The minimum atomic E-state index is -0.232. The summed E-state index contributed by atoms with van der Waals surface area (Å²) >= 11 is 0. The van der Waals surface area contributed by atoms with Crippen molar-refractivity contribution >= 4 is 5.96 Å². The standard InChI is InChI=1S/C8H17N3O/c1-2-10-8(9)11-5-3-4-7(12)6-11/h7,12H,2-6H2,1H3,(H2,9,10). The average Bonchev–Trinajstić information content (AvgIpc) is 2.05. The number of nitrogens with zero attached hydrogens (tertiary/aromatic N) is 2. The first-order valence-electron chi connectivity index (χ1n) is 4.47. The van der Waals surface area contributed by atoms with Crippen molar-refractivity contribution in [2.45, 2.75) is 25.9 Å². The lowest BCUT2D eigenvalue weighted by Crippen LogP contribution is -2.45. The van der Waals surface area contributed by atoms with Crippen LogP contribution in [0.5, 0.6) is 0 Å². The van der Waals surface area contributed by atoms with E-state index in [4.69, 9.17) is 5.73 Å². The highest BCUT2D eigenvalue weighted by atomic mass is 16.3. The zero-order valence-corrected chi connectivity index (χ0v) is 7.53. The van der Waals surface area contributed by atoms with Gasteiger partial charge in [-0.1, -0.05) is 0 Å². The molecule has 0 aliphatic carbocycles. The Morgan fingerprint density at radius 2 is 2.50 bits per heavy atom. The second-order valence-electron chi connectivity index (χ2n) is 3.07. The molecule has 1 aliphatic heterocycles. The predicted octanol–water partition coefficient (Wildman–Crippen LogP) is -0.222. The Balaban J connectivity index is 2.45. The monoisotopic (exact) mass is 171 g/mol. The summed E-state index contributed by atoms with van der Waals surface area (Å²) in [4.78, 5) is 6.03. The van der Waals surface area contributed by atoms with Gasteiger partial charge >= 0.3 is 0 Å². The van der Waals surface area contributed by atoms with Crippen LogP contribution in [0.3, 0.4) is 0 Å². The molecule has 0 aromatic carbocycles. The fraction of sp³-hybridized carbons (Fsp3) is 0.875. The molecule has 1 aliphatic rings. The van der Waals surface area contributed by atoms with Crippen molar-refractivity contribution in [1.82, 2.24) is 4.90 Å². The molecule has 1 heterocycles. The topological polar surface area (TPSA) is 61.8 Å². The fourth-order valence-electron chi connectivity index (χ4n) is 1.42. The summed E-state index contributed by atoms with van der Waals surface area (Å²) in [5.74, 6) is 0.566. The summed E-state index contributed by atoms with van der Waals surface area (Å²) in [6.45, 7) is 4.22. The van der Waals surface area contributed by atoms with E-state index in [1.54, 1.807) is 0 Å². The van der Waals surface area contributed by atoms with Crippen molar-refractivity contribution in [2.24, 2.45) is 10.7 Å². The van der Waals surface area contributed by atoms with Crippen LogP contribution in [0, 0.1) is 0 Å². The van der Waals surface area contributed by atoms with E-state index in [1.807, 2.05) is 11.8 Å². The molecular formula is C8H17N3O. The average molecular weight is 171 g/mol. The van der Waals surface area contributed by atoms with Gasteiger partial charge in [0.15, 0.2) is 5.96 Å². The highest BCUT2D eigenvalue weighted by Gasteiger charge is 2.18. The predicted molar refractivity (Wildman–Crippen MR) is 49.0 cm³/mol. The minimum Gasteiger partial charge on any atom is -0.391 e. The van der Waals surface area contributed by atoms with Crippen molar-refractivity contribution in [1.29, 1.82) is 0 Å². The van der Waals surface area contributed by atoms with Gasteiger partial charge in [0.05, 0.1) is 6.10 Å². The van der Waals surface area contributed by atoms with E-state index < -0.39 is 0 Å². The molecule has 1 unspecified atom stereocenters. The largest absolute Gasteiger partial charge is 0.391 e. The Morgan fingerprint density at radius 1 is 1.75 bits per heavy atom. The number of nitrogens with two attached hydrogens (primary N) is 1. The van der Waals surface area contributed by atoms with E-state index >= 15 is 0 Å². The third kappa shape index (κ3) is 2.37. The zero-order valence-electron chi connectivity index (χ0n) is 7.53. The lowest BCUT2D eigenvalue weighted by atomic mass is 10.1. The molecule has 0 spiro atoms. The van der Waals surface area contributed by atoms with Gasteiger partial charge in [-0.05, 0) is 19.8 Å².